The van der Waals surface area contributed by atoms with E-state index in [4.69, 9.17) is 9.47 Å². The van der Waals surface area contributed by atoms with Gasteiger partial charge in [0, 0.05) is 11.8 Å². The third-order valence-corrected chi connectivity index (χ3v) is 7.05. The zero-order valence-corrected chi connectivity index (χ0v) is 22.1. The van der Waals surface area contributed by atoms with E-state index >= 15 is 0 Å². The van der Waals surface area contributed by atoms with Crippen LogP contribution in [0.3, 0.4) is 0 Å². The lowest BCUT2D eigenvalue weighted by molar-refractivity contribution is -0.137. The molecule has 0 atom stereocenters. The van der Waals surface area contributed by atoms with Crippen molar-refractivity contribution >= 4 is 23.0 Å². The molecule has 0 aromatic heterocycles. The van der Waals surface area contributed by atoms with Gasteiger partial charge in [-0.15, -0.1) is 0 Å². The van der Waals surface area contributed by atoms with Crippen molar-refractivity contribution < 1.29 is 14.3 Å². The Kier molecular flexibility index (Phi) is 7.14. The molecule has 196 valence electrons. The Morgan fingerprint density at radius 3 is 1.77 bits per heavy atom. The quantitative estimate of drug-likeness (QED) is 0.113. The van der Waals surface area contributed by atoms with Gasteiger partial charge in [0.2, 0.25) is 0 Å². The minimum Gasteiger partial charge on any atom is -0.463 e. The van der Waals surface area contributed by atoms with Crippen LogP contribution in [-0.4, -0.2) is 12.6 Å². The molecule has 0 radical (unpaired) electrons. The molecular formula is C36H29NO3. The lowest BCUT2D eigenvalue weighted by Gasteiger charge is -2.33. The second kappa shape index (κ2) is 11.3. The number of aryl methyl sites for hydroxylation is 1. The van der Waals surface area contributed by atoms with Gasteiger partial charge in [-0.1, -0.05) is 91.5 Å². The SMILES string of the molecule is C=CC(=O)OCCCc1ccc(N2c3ccc(-c4ccccc4)cc3Oc3cc(-c4ccccc4)ccc32)cc1. The van der Waals surface area contributed by atoms with Crippen LogP contribution in [0.15, 0.2) is 134 Å². The Labute approximate surface area is 234 Å². The molecule has 1 aliphatic rings. The first-order valence-corrected chi connectivity index (χ1v) is 13.4. The van der Waals surface area contributed by atoms with Crippen molar-refractivity contribution in [3.8, 4) is 33.8 Å². The highest BCUT2D eigenvalue weighted by atomic mass is 16.5. The Morgan fingerprint density at radius 2 is 1.25 bits per heavy atom. The second-order valence-electron chi connectivity index (χ2n) is 9.68. The highest BCUT2D eigenvalue weighted by molar-refractivity contribution is 5.89. The maximum atomic E-state index is 11.3. The van der Waals surface area contributed by atoms with Crippen LogP contribution < -0.4 is 9.64 Å². The molecule has 0 unspecified atom stereocenters. The van der Waals surface area contributed by atoms with Crippen molar-refractivity contribution in [3.63, 3.8) is 0 Å². The zero-order chi connectivity index (χ0) is 27.3. The van der Waals surface area contributed by atoms with Gasteiger partial charge in [0.05, 0.1) is 18.0 Å². The van der Waals surface area contributed by atoms with Crippen LogP contribution in [0.25, 0.3) is 22.3 Å². The first-order valence-electron chi connectivity index (χ1n) is 13.4. The molecule has 1 aliphatic heterocycles. The predicted octanol–water partition coefficient (Wildman–Crippen LogP) is 9.26. The van der Waals surface area contributed by atoms with E-state index in [1.54, 1.807) is 0 Å². The van der Waals surface area contributed by atoms with Crippen molar-refractivity contribution in [2.45, 2.75) is 12.8 Å². The highest BCUT2D eigenvalue weighted by Gasteiger charge is 2.27. The van der Waals surface area contributed by atoms with Crippen molar-refractivity contribution in [1.29, 1.82) is 0 Å². The van der Waals surface area contributed by atoms with Crippen LogP contribution in [0, 0.1) is 0 Å². The molecule has 0 saturated carbocycles. The molecule has 0 saturated heterocycles. The Bertz CT molecular complexity index is 1550. The topological polar surface area (TPSA) is 38.8 Å². The molecule has 40 heavy (non-hydrogen) atoms. The van der Waals surface area contributed by atoms with Gasteiger partial charge in [0.15, 0.2) is 11.5 Å². The molecule has 4 heteroatoms. The summed E-state index contributed by atoms with van der Waals surface area (Å²) >= 11 is 0. The Morgan fingerprint density at radius 1 is 0.700 bits per heavy atom. The summed E-state index contributed by atoms with van der Waals surface area (Å²) in [5.74, 6) is 1.24. The number of rotatable bonds is 8. The number of esters is 1. The molecule has 1 heterocycles. The average molecular weight is 524 g/mol. The van der Waals surface area contributed by atoms with Crippen molar-refractivity contribution in [2.24, 2.45) is 0 Å². The van der Waals surface area contributed by atoms with Gasteiger partial charge in [-0.3, -0.25) is 0 Å². The summed E-state index contributed by atoms with van der Waals surface area (Å²) in [4.78, 5) is 13.5. The first kappa shape index (κ1) is 25.2. The van der Waals surface area contributed by atoms with Crippen LogP contribution in [0.5, 0.6) is 11.5 Å². The molecule has 5 aromatic rings. The van der Waals surface area contributed by atoms with E-state index in [9.17, 15) is 4.79 Å². The van der Waals surface area contributed by atoms with Gasteiger partial charge in [-0.25, -0.2) is 4.79 Å². The van der Waals surface area contributed by atoms with Crippen LogP contribution >= 0.6 is 0 Å². The molecular weight excluding hydrogens is 494 g/mol. The van der Waals surface area contributed by atoms with Crippen LogP contribution in [0.1, 0.15) is 12.0 Å². The number of carbonyl (C=O) groups is 1. The van der Waals surface area contributed by atoms with Gasteiger partial charge in [0.1, 0.15) is 0 Å². The number of benzene rings is 5. The Balaban J connectivity index is 1.35. The third-order valence-electron chi connectivity index (χ3n) is 7.05. The summed E-state index contributed by atoms with van der Waals surface area (Å²) in [5, 5.41) is 0. The second-order valence-corrected chi connectivity index (χ2v) is 9.68. The Hall–Kier alpha value is -5.09. The van der Waals surface area contributed by atoms with Gasteiger partial charge >= 0.3 is 5.97 Å². The fraction of sp³-hybridized carbons (Fsp3) is 0.0833. The monoisotopic (exact) mass is 523 g/mol. The molecule has 0 N–H and O–H groups in total. The van der Waals surface area contributed by atoms with Gasteiger partial charge < -0.3 is 14.4 Å². The number of fused-ring (bicyclic) bond motifs is 2. The van der Waals surface area contributed by atoms with Crippen LogP contribution in [-0.2, 0) is 16.0 Å². The fourth-order valence-corrected chi connectivity index (χ4v) is 5.03. The average Bonchev–Trinajstić information content (AvgIpc) is 3.02. The van der Waals surface area contributed by atoms with E-state index in [1.165, 1.54) is 11.6 Å². The number of hydrogen-bond donors (Lipinski definition) is 0. The van der Waals surface area contributed by atoms with E-state index in [0.717, 1.165) is 63.7 Å². The van der Waals surface area contributed by atoms with E-state index < -0.39 is 0 Å². The maximum Gasteiger partial charge on any atom is 0.330 e. The summed E-state index contributed by atoms with van der Waals surface area (Å²) in [6.45, 7) is 3.82. The number of ether oxygens (including phenoxy) is 2. The minimum absolute atomic E-state index is 0.379. The van der Waals surface area contributed by atoms with Crippen molar-refractivity contribution in [1.82, 2.24) is 0 Å². The first-order chi connectivity index (χ1) is 19.7. The maximum absolute atomic E-state index is 11.3. The number of hydrogen-bond acceptors (Lipinski definition) is 4. The van der Waals surface area contributed by atoms with Gasteiger partial charge in [-0.2, -0.15) is 0 Å². The van der Waals surface area contributed by atoms with Gasteiger partial charge in [0.25, 0.3) is 0 Å². The largest absolute Gasteiger partial charge is 0.463 e. The molecule has 6 rings (SSSR count). The zero-order valence-electron chi connectivity index (χ0n) is 22.1. The highest BCUT2D eigenvalue weighted by Crippen LogP contribution is 2.52. The molecule has 0 amide bonds. The number of anilines is 3. The molecule has 0 bridgehead atoms. The van der Waals surface area contributed by atoms with Crippen molar-refractivity contribution in [3.05, 3.63) is 140 Å². The molecule has 5 aromatic carbocycles. The van der Waals surface area contributed by atoms with Gasteiger partial charge in [-0.05, 0) is 77.1 Å². The number of nitrogens with zero attached hydrogens (tertiary/aromatic N) is 1. The smallest absolute Gasteiger partial charge is 0.330 e. The van der Waals surface area contributed by atoms with Crippen LogP contribution in [0.2, 0.25) is 0 Å². The minimum atomic E-state index is -0.383. The third kappa shape index (κ3) is 5.25. The summed E-state index contributed by atoms with van der Waals surface area (Å²) in [5.41, 5.74) is 8.72. The van der Waals surface area contributed by atoms with Crippen LogP contribution in [0.4, 0.5) is 17.1 Å². The summed E-state index contributed by atoms with van der Waals surface area (Å²) in [6.07, 6.45) is 2.77. The predicted molar refractivity (Wildman–Crippen MR) is 162 cm³/mol. The van der Waals surface area contributed by atoms with Crippen molar-refractivity contribution in [2.75, 3.05) is 11.5 Å². The molecule has 0 fully saturated rings. The summed E-state index contributed by atoms with van der Waals surface area (Å²) in [7, 11) is 0. The molecule has 0 spiro atoms. The fourth-order valence-electron chi connectivity index (χ4n) is 5.03. The molecule has 0 aliphatic carbocycles. The summed E-state index contributed by atoms with van der Waals surface area (Å²) in [6, 6.07) is 42.0. The lowest BCUT2D eigenvalue weighted by atomic mass is 10.0. The van der Waals surface area contributed by atoms with E-state index in [1.807, 2.05) is 36.4 Å². The van der Waals surface area contributed by atoms with E-state index in [-0.39, 0.29) is 5.97 Å². The summed E-state index contributed by atoms with van der Waals surface area (Å²) < 4.78 is 11.7. The number of carbonyl (C=O) groups excluding carboxylic acids is 1. The lowest BCUT2D eigenvalue weighted by Crippen LogP contribution is -2.16. The molecule has 4 nitrogen and oxygen atoms in total. The standard InChI is InChI=1S/C36H29NO3/c1-2-36(38)39-23-9-10-26-15-19-31(20-16-26)37-32-21-17-29(27-11-5-3-6-12-27)24-34(32)40-35-25-30(18-22-33(35)37)28-13-7-4-8-14-28/h2-8,11-22,24-25H,1,9-10,23H2. The van der Waals surface area contributed by atoms with E-state index in [2.05, 4.69) is 96.4 Å². The van der Waals surface area contributed by atoms with E-state index in [0.29, 0.717) is 6.61 Å². The normalized spacial score (nSPS) is 11.7.